The Morgan fingerprint density at radius 2 is 1.70 bits per heavy atom. The highest BCUT2D eigenvalue weighted by molar-refractivity contribution is 5.70. The van der Waals surface area contributed by atoms with E-state index in [2.05, 4.69) is 4.90 Å². The lowest BCUT2D eigenvalue weighted by atomic mass is 9.92. The molecule has 2 aromatic rings. The molecule has 1 fully saturated rings. The van der Waals surface area contributed by atoms with Crippen LogP contribution in [0.1, 0.15) is 35.8 Å². The van der Waals surface area contributed by atoms with E-state index < -0.39 is 5.97 Å². The van der Waals surface area contributed by atoms with E-state index in [-0.39, 0.29) is 12.0 Å². The Labute approximate surface area is 159 Å². The van der Waals surface area contributed by atoms with Crippen LogP contribution in [0.5, 0.6) is 11.5 Å². The normalized spacial score (nSPS) is 16.7. The summed E-state index contributed by atoms with van der Waals surface area (Å²) in [6.45, 7) is 3.33. The number of likely N-dealkylation sites (tertiary alicyclic amines) is 1. The zero-order valence-corrected chi connectivity index (χ0v) is 16.0. The third-order valence-corrected chi connectivity index (χ3v) is 5.17. The molecule has 144 valence electrons. The molecule has 6 heteroatoms. The van der Waals surface area contributed by atoms with Crippen molar-refractivity contribution in [3.05, 3.63) is 53.3 Å². The maximum absolute atomic E-state index is 11.3. The number of pyridine rings is 1. The molecule has 0 aliphatic carbocycles. The summed E-state index contributed by atoms with van der Waals surface area (Å²) < 4.78 is 11.3. The van der Waals surface area contributed by atoms with Crippen molar-refractivity contribution in [1.82, 2.24) is 9.88 Å². The van der Waals surface area contributed by atoms with Gasteiger partial charge in [-0.05, 0) is 57.1 Å². The van der Waals surface area contributed by atoms with Crippen LogP contribution in [-0.2, 0) is 4.79 Å². The van der Waals surface area contributed by atoms with Gasteiger partial charge in [0.2, 0.25) is 0 Å². The molecule has 3 rings (SSSR count). The second-order valence-electron chi connectivity index (χ2n) is 6.83. The van der Waals surface area contributed by atoms with Gasteiger partial charge in [-0.15, -0.1) is 0 Å². The van der Waals surface area contributed by atoms with E-state index in [0.29, 0.717) is 25.9 Å². The van der Waals surface area contributed by atoms with Gasteiger partial charge in [-0.1, -0.05) is 12.1 Å². The molecule has 6 nitrogen and oxygen atoms in total. The van der Waals surface area contributed by atoms with Crippen LogP contribution in [0.15, 0.2) is 36.4 Å². The van der Waals surface area contributed by atoms with Gasteiger partial charge in [0, 0.05) is 5.69 Å². The zero-order chi connectivity index (χ0) is 19.4. The van der Waals surface area contributed by atoms with Crippen LogP contribution in [0, 0.1) is 12.8 Å². The molecule has 0 bridgehead atoms. The lowest BCUT2D eigenvalue weighted by Crippen LogP contribution is -2.39. The molecule has 0 amide bonds. The number of aromatic nitrogens is 1. The summed E-state index contributed by atoms with van der Waals surface area (Å²) >= 11 is 0. The average Bonchev–Trinajstić information content (AvgIpc) is 2.68. The number of aryl methyl sites for hydroxylation is 1. The first-order chi connectivity index (χ1) is 13.0. The van der Waals surface area contributed by atoms with Gasteiger partial charge in [-0.3, -0.25) is 14.7 Å². The predicted molar refractivity (Wildman–Crippen MR) is 102 cm³/mol. The molecule has 1 saturated heterocycles. The first kappa shape index (κ1) is 19.2. The van der Waals surface area contributed by atoms with E-state index in [1.807, 2.05) is 43.3 Å². The van der Waals surface area contributed by atoms with E-state index in [4.69, 9.17) is 14.5 Å². The predicted octanol–water partition coefficient (Wildman–Crippen LogP) is 3.29. The summed E-state index contributed by atoms with van der Waals surface area (Å²) in [5, 5.41) is 9.33. The number of methoxy groups -OCH3 is 2. The maximum atomic E-state index is 11.3. The van der Waals surface area contributed by atoms with Gasteiger partial charge in [0.05, 0.1) is 37.4 Å². The Morgan fingerprint density at radius 1 is 1.11 bits per heavy atom. The summed E-state index contributed by atoms with van der Waals surface area (Å²) in [6, 6.07) is 11.6. The lowest BCUT2D eigenvalue weighted by molar-refractivity contribution is -0.143. The number of carbonyl (C=O) groups is 1. The summed E-state index contributed by atoms with van der Waals surface area (Å²) in [6.07, 6.45) is 1.24. The summed E-state index contributed by atoms with van der Waals surface area (Å²) in [5.74, 6) is 0.479. The molecular formula is C21H26N2O4. The van der Waals surface area contributed by atoms with Gasteiger partial charge in [0.25, 0.3) is 0 Å². The van der Waals surface area contributed by atoms with Crippen molar-refractivity contribution in [3.8, 4) is 11.5 Å². The molecule has 0 saturated carbocycles. The van der Waals surface area contributed by atoms with Gasteiger partial charge in [0.1, 0.15) is 11.5 Å². The molecule has 2 heterocycles. The van der Waals surface area contributed by atoms with E-state index in [1.165, 1.54) is 0 Å². The van der Waals surface area contributed by atoms with Crippen molar-refractivity contribution in [3.63, 3.8) is 0 Å². The number of hydrogen-bond donors (Lipinski definition) is 1. The zero-order valence-electron chi connectivity index (χ0n) is 16.0. The molecule has 27 heavy (non-hydrogen) atoms. The molecule has 1 atom stereocenters. The Kier molecular flexibility index (Phi) is 5.96. The first-order valence-corrected chi connectivity index (χ1v) is 9.16. The number of carboxylic acids is 1. The number of piperidine rings is 1. The minimum absolute atomic E-state index is 0.161. The third kappa shape index (κ3) is 4.06. The Bertz CT molecular complexity index is 778. The molecule has 1 aromatic carbocycles. The van der Waals surface area contributed by atoms with E-state index >= 15 is 0 Å². The Hall–Kier alpha value is -2.60. The highest BCUT2D eigenvalue weighted by atomic mass is 16.5. The van der Waals surface area contributed by atoms with Gasteiger partial charge in [-0.2, -0.15) is 0 Å². The van der Waals surface area contributed by atoms with Crippen LogP contribution in [0.3, 0.4) is 0 Å². The van der Waals surface area contributed by atoms with Crippen molar-refractivity contribution < 1.29 is 19.4 Å². The fraction of sp³-hybridized carbons (Fsp3) is 0.429. The molecule has 0 radical (unpaired) electrons. The molecular weight excluding hydrogens is 344 g/mol. The van der Waals surface area contributed by atoms with Crippen molar-refractivity contribution in [1.29, 1.82) is 0 Å². The average molecular weight is 370 g/mol. The van der Waals surface area contributed by atoms with Crippen LogP contribution in [0.2, 0.25) is 0 Å². The SMILES string of the molecule is COc1cccc(OC)c1C(c1cccc(C)n1)N1CCC(C(=O)O)CC1. The number of ether oxygens (including phenoxy) is 2. The summed E-state index contributed by atoms with van der Waals surface area (Å²) in [4.78, 5) is 18.4. The smallest absolute Gasteiger partial charge is 0.306 e. The minimum Gasteiger partial charge on any atom is -0.496 e. The van der Waals surface area contributed by atoms with Crippen LogP contribution in [-0.4, -0.2) is 48.3 Å². The fourth-order valence-corrected chi connectivity index (χ4v) is 3.79. The molecule has 1 N–H and O–H groups in total. The Balaban J connectivity index is 2.06. The number of carboxylic acid groups (broad SMARTS) is 1. The molecule has 0 spiro atoms. The van der Waals surface area contributed by atoms with Crippen LogP contribution >= 0.6 is 0 Å². The summed E-state index contributed by atoms with van der Waals surface area (Å²) in [7, 11) is 3.30. The molecule has 1 aliphatic rings. The fourth-order valence-electron chi connectivity index (χ4n) is 3.79. The first-order valence-electron chi connectivity index (χ1n) is 9.16. The number of rotatable bonds is 6. The standard InChI is InChI=1S/C21H26N2O4/c1-14-6-4-7-16(22-14)20(23-12-10-15(11-13-23)21(24)25)19-17(26-2)8-5-9-18(19)27-3/h4-9,15,20H,10-13H2,1-3H3,(H,24,25). The third-order valence-electron chi connectivity index (χ3n) is 5.17. The van der Waals surface area contributed by atoms with Crippen LogP contribution in [0.4, 0.5) is 0 Å². The maximum Gasteiger partial charge on any atom is 0.306 e. The monoisotopic (exact) mass is 370 g/mol. The molecule has 1 aromatic heterocycles. The number of aliphatic carboxylic acids is 1. The second kappa shape index (κ2) is 8.39. The second-order valence-corrected chi connectivity index (χ2v) is 6.83. The highest BCUT2D eigenvalue weighted by Gasteiger charge is 2.34. The quantitative estimate of drug-likeness (QED) is 0.841. The Morgan fingerprint density at radius 3 is 2.22 bits per heavy atom. The van der Waals surface area contributed by atoms with E-state index in [9.17, 15) is 9.90 Å². The van der Waals surface area contributed by atoms with Gasteiger partial charge in [-0.25, -0.2) is 0 Å². The number of nitrogens with zero attached hydrogens (tertiary/aromatic N) is 2. The molecule has 1 unspecified atom stereocenters. The van der Waals surface area contributed by atoms with E-state index in [0.717, 1.165) is 28.5 Å². The van der Waals surface area contributed by atoms with Crippen LogP contribution < -0.4 is 9.47 Å². The van der Waals surface area contributed by atoms with Gasteiger partial charge in [0.15, 0.2) is 0 Å². The van der Waals surface area contributed by atoms with Crippen molar-refractivity contribution in [2.75, 3.05) is 27.3 Å². The number of hydrogen-bond acceptors (Lipinski definition) is 5. The lowest BCUT2D eigenvalue weighted by Gasteiger charge is -2.37. The summed E-state index contributed by atoms with van der Waals surface area (Å²) in [5.41, 5.74) is 2.77. The van der Waals surface area contributed by atoms with Crippen molar-refractivity contribution in [2.45, 2.75) is 25.8 Å². The minimum atomic E-state index is -0.713. The number of benzene rings is 1. The topological polar surface area (TPSA) is 71.9 Å². The van der Waals surface area contributed by atoms with E-state index in [1.54, 1.807) is 14.2 Å². The van der Waals surface area contributed by atoms with Crippen molar-refractivity contribution in [2.24, 2.45) is 5.92 Å². The van der Waals surface area contributed by atoms with Gasteiger partial charge >= 0.3 is 5.97 Å². The molecule has 1 aliphatic heterocycles. The largest absolute Gasteiger partial charge is 0.496 e. The van der Waals surface area contributed by atoms with Gasteiger partial charge < -0.3 is 14.6 Å². The van der Waals surface area contributed by atoms with Crippen LogP contribution in [0.25, 0.3) is 0 Å². The van der Waals surface area contributed by atoms with Crippen molar-refractivity contribution >= 4 is 5.97 Å². The highest BCUT2D eigenvalue weighted by Crippen LogP contribution is 2.41.